The Balaban J connectivity index is 1.13. The second kappa shape index (κ2) is 9.22. The Labute approximate surface area is 186 Å². The molecule has 1 saturated heterocycles. The van der Waals surface area contributed by atoms with Crippen molar-refractivity contribution in [3.8, 4) is 11.5 Å². The van der Waals surface area contributed by atoms with Gasteiger partial charge in [0.25, 0.3) is 5.56 Å². The van der Waals surface area contributed by atoms with E-state index in [1.807, 2.05) is 25.1 Å². The normalized spacial score (nSPS) is 17.0. The van der Waals surface area contributed by atoms with Crippen molar-refractivity contribution >= 4 is 11.2 Å². The van der Waals surface area contributed by atoms with Crippen molar-refractivity contribution in [3.63, 3.8) is 0 Å². The van der Waals surface area contributed by atoms with Crippen LogP contribution in [0.25, 0.3) is 11.2 Å². The number of hydrogen-bond acceptors (Lipinski definition) is 8. The molecule has 0 aliphatic carbocycles. The molecular formula is C23H28N6O3. The number of fused-ring (bicyclic) bond motifs is 2. The van der Waals surface area contributed by atoms with Crippen LogP contribution < -0.4 is 20.3 Å². The standard InChI is InChI=1S/C23H28N6O3/c1-16-2-3-19-23(27-16)29(22(30)15-26-19)9-8-28-6-4-17(5-7-28)24-13-18-12-20-21(14-25-18)32-11-10-31-20/h2-3,12,14-15,17,24H,4-11,13H2,1H3. The zero-order chi connectivity index (χ0) is 21.9. The van der Waals surface area contributed by atoms with E-state index in [9.17, 15) is 4.79 Å². The highest BCUT2D eigenvalue weighted by Gasteiger charge is 2.20. The van der Waals surface area contributed by atoms with Crippen molar-refractivity contribution in [1.29, 1.82) is 0 Å². The maximum Gasteiger partial charge on any atom is 0.270 e. The van der Waals surface area contributed by atoms with Gasteiger partial charge >= 0.3 is 0 Å². The molecule has 5 heterocycles. The Morgan fingerprint density at radius 2 is 1.88 bits per heavy atom. The third-order valence-corrected chi connectivity index (χ3v) is 6.12. The molecule has 0 saturated carbocycles. The lowest BCUT2D eigenvalue weighted by Gasteiger charge is -2.32. The van der Waals surface area contributed by atoms with Crippen LogP contribution in [0.5, 0.6) is 11.5 Å². The first-order valence-electron chi connectivity index (χ1n) is 11.2. The summed E-state index contributed by atoms with van der Waals surface area (Å²) >= 11 is 0. The van der Waals surface area contributed by atoms with Crippen LogP contribution >= 0.6 is 0 Å². The fourth-order valence-corrected chi connectivity index (χ4v) is 4.29. The smallest absolute Gasteiger partial charge is 0.270 e. The Bertz CT molecular complexity index is 1160. The Morgan fingerprint density at radius 3 is 2.72 bits per heavy atom. The molecule has 1 fully saturated rings. The summed E-state index contributed by atoms with van der Waals surface area (Å²) in [5.41, 5.74) is 3.17. The van der Waals surface area contributed by atoms with Crippen LogP contribution in [-0.4, -0.2) is 63.3 Å². The van der Waals surface area contributed by atoms with E-state index in [0.29, 0.717) is 38.0 Å². The topological polar surface area (TPSA) is 94.4 Å². The molecule has 0 aromatic carbocycles. The zero-order valence-corrected chi connectivity index (χ0v) is 18.3. The number of likely N-dealkylation sites (tertiary alicyclic amines) is 1. The first-order chi connectivity index (χ1) is 15.7. The average Bonchev–Trinajstić information content (AvgIpc) is 2.82. The van der Waals surface area contributed by atoms with Gasteiger partial charge in [-0.3, -0.25) is 14.3 Å². The number of pyridine rings is 2. The van der Waals surface area contributed by atoms with E-state index in [-0.39, 0.29) is 5.56 Å². The minimum Gasteiger partial charge on any atom is -0.486 e. The predicted octanol–water partition coefficient (Wildman–Crippen LogP) is 1.52. The number of hydrogen-bond donors (Lipinski definition) is 1. The zero-order valence-electron chi connectivity index (χ0n) is 18.3. The maximum atomic E-state index is 12.4. The average molecular weight is 437 g/mol. The van der Waals surface area contributed by atoms with Crippen LogP contribution in [-0.2, 0) is 13.1 Å². The van der Waals surface area contributed by atoms with E-state index in [4.69, 9.17) is 9.47 Å². The van der Waals surface area contributed by atoms with Crippen molar-refractivity contribution in [1.82, 2.24) is 29.7 Å². The molecule has 2 aliphatic heterocycles. The molecule has 0 spiro atoms. The summed E-state index contributed by atoms with van der Waals surface area (Å²) in [4.78, 5) is 28.0. The highest BCUT2D eigenvalue weighted by atomic mass is 16.6. The molecule has 3 aromatic rings. The highest BCUT2D eigenvalue weighted by molar-refractivity contribution is 5.69. The van der Waals surface area contributed by atoms with Gasteiger partial charge in [0, 0.05) is 37.4 Å². The van der Waals surface area contributed by atoms with Gasteiger partial charge in [0.15, 0.2) is 17.1 Å². The van der Waals surface area contributed by atoms with Gasteiger partial charge in [-0.15, -0.1) is 0 Å². The molecule has 2 aliphatic rings. The van der Waals surface area contributed by atoms with Crippen molar-refractivity contribution in [2.75, 3.05) is 32.8 Å². The number of aromatic nitrogens is 4. The van der Waals surface area contributed by atoms with Gasteiger partial charge in [0.1, 0.15) is 18.7 Å². The number of nitrogens with one attached hydrogen (secondary N) is 1. The molecule has 32 heavy (non-hydrogen) atoms. The largest absolute Gasteiger partial charge is 0.486 e. The van der Waals surface area contributed by atoms with Gasteiger partial charge in [-0.2, -0.15) is 0 Å². The van der Waals surface area contributed by atoms with Crippen molar-refractivity contribution in [3.05, 3.63) is 52.3 Å². The Hall–Kier alpha value is -3.04. The molecule has 1 N–H and O–H groups in total. The highest BCUT2D eigenvalue weighted by Crippen LogP contribution is 2.29. The van der Waals surface area contributed by atoms with Gasteiger partial charge < -0.3 is 19.7 Å². The van der Waals surface area contributed by atoms with E-state index in [2.05, 4.69) is 25.2 Å². The van der Waals surface area contributed by atoms with Crippen molar-refractivity contribution < 1.29 is 9.47 Å². The second-order valence-electron chi connectivity index (χ2n) is 8.36. The van der Waals surface area contributed by atoms with Crippen LogP contribution in [0.1, 0.15) is 24.2 Å². The number of nitrogens with zero attached hydrogens (tertiary/aromatic N) is 5. The third-order valence-electron chi connectivity index (χ3n) is 6.12. The Morgan fingerprint density at radius 1 is 1.06 bits per heavy atom. The Kier molecular flexibility index (Phi) is 6.00. The minimum absolute atomic E-state index is 0.0981. The molecule has 0 radical (unpaired) electrons. The number of rotatable bonds is 6. The van der Waals surface area contributed by atoms with Gasteiger partial charge in [0.2, 0.25) is 0 Å². The number of aryl methyl sites for hydroxylation is 1. The van der Waals surface area contributed by atoms with Crippen molar-refractivity contribution in [2.24, 2.45) is 0 Å². The second-order valence-corrected chi connectivity index (χ2v) is 8.36. The van der Waals surface area contributed by atoms with Gasteiger partial charge in [-0.1, -0.05) is 0 Å². The van der Waals surface area contributed by atoms with Crippen LogP contribution in [0.3, 0.4) is 0 Å². The quantitative estimate of drug-likeness (QED) is 0.622. The fraction of sp³-hybridized carbons (Fsp3) is 0.478. The fourth-order valence-electron chi connectivity index (χ4n) is 4.29. The summed E-state index contributed by atoms with van der Waals surface area (Å²) in [7, 11) is 0. The molecule has 5 rings (SSSR count). The molecule has 3 aromatic heterocycles. The minimum atomic E-state index is -0.0981. The monoisotopic (exact) mass is 436 g/mol. The van der Waals surface area contributed by atoms with E-state index in [1.54, 1.807) is 10.8 Å². The van der Waals surface area contributed by atoms with E-state index in [1.165, 1.54) is 6.20 Å². The van der Waals surface area contributed by atoms with Crippen LogP contribution in [0, 0.1) is 6.92 Å². The summed E-state index contributed by atoms with van der Waals surface area (Å²) in [5.74, 6) is 1.50. The van der Waals surface area contributed by atoms with Crippen LogP contribution in [0.2, 0.25) is 0 Å². The van der Waals surface area contributed by atoms with Crippen LogP contribution in [0.4, 0.5) is 0 Å². The molecule has 0 bridgehead atoms. The third kappa shape index (κ3) is 4.58. The van der Waals surface area contributed by atoms with E-state index in [0.717, 1.165) is 60.9 Å². The molecular weight excluding hydrogens is 408 g/mol. The summed E-state index contributed by atoms with van der Waals surface area (Å²) in [6.45, 7) is 7.24. The molecule has 168 valence electrons. The predicted molar refractivity (Wildman–Crippen MR) is 120 cm³/mol. The first kappa shape index (κ1) is 20.8. The van der Waals surface area contributed by atoms with Crippen LogP contribution in [0.15, 0.2) is 35.4 Å². The maximum absolute atomic E-state index is 12.4. The first-order valence-corrected chi connectivity index (χ1v) is 11.2. The summed E-state index contributed by atoms with van der Waals surface area (Å²) in [6, 6.07) is 6.25. The van der Waals surface area contributed by atoms with E-state index < -0.39 is 0 Å². The molecule has 0 unspecified atom stereocenters. The molecule has 9 heteroatoms. The van der Waals surface area contributed by atoms with Gasteiger partial charge in [-0.05, 0) is 45.0 Å². The van der Waals surface area contributed by atoms with Gasteiger partial charge in [-0.25, -0.2) is 9.97 Å². The van der Waals surface area contributed by atoms with Crippen molar-refractivity contribution in [2.45, 2.75) is 38.9 Å². The van der Waals surface area contributed by atoms with Gasteiger partial charge in [0.05, 0.1) is 18.1 Å². The molecule has 0 amide bonds. The lowest BCUT2D eigenvalue weighted by Crippen LogP contribution is -2.43. The summed E-state index contributed by atoms with van der Waals surface area (Å²) < 4.78 is 12.9. The SMILES string of the molecule is Cc1ccc2ncc(=O)n(CCN3CCC(NCc4cc5c(cn4)OCCO5)CC3)c2n1. The molecule has 9 nitrogen and oxygen atoms in total. The number of piperidine rings is 1. The van der Waals surface area contributed by atoms with E-state index >= 15 is 0 Å². The lowest BCUT2D eigenvalue weighted by atomic mass is 10.0. The summed E-state index contributed by atoms with van der Waals surface area (Å²) in [5, 5.41) is 3.62. The summed E-state index contributed by atoms with van der Waals surface area (Å²) in [6.07, 6.45) is 5.26. The lowest BCUT2D eigenvalue weighted by molar-refractivity contribution is 0.170. The molecule has 0 atom stereocenters. The number of ether oxygens (including phenoxy) is 2.